The zero-order valence-corrected chi connectivity index (χ0v) is 17.8. The van der Waals surface area contributed by atoms with Gasteiger partial charge in [0, 0.05) is 35.2 Å². The van der Waals surface area contributed by atoms with Crippen LogP contribution in [0.3, 0.4) is 0 Å². The van der Waals surface area contributed by atoms with Crippen LogP contribution in [0.2, 0.25) is 5.02 Å². The van der Waals surface area contributed by atoms with Crippen LogP contribution < -0.4 is 10.6 Å². The Hall–Kier alpha value is -3.32. The van der Waals surface area contributed by atoms with Crippen LogP contribution in [0.25, 0.3) is 11.3 Å². The van der Waals surface area contributed by atoms with Gasteiger partial charge in [-0.15, -0.1) is 0 Å². The lowest BCUT2D eigenvalue weighted by Gasteiger charge is -2.09. The normalized spacial score (nSPS) is 13.1. The van der Waals surface area contributed by atoms with Crippen molar-refractivity contribution in [3.63, 3.8) is 0 Å². The SMILES string of the molecule is CCC(=O)Nc1ccc(O)c(-c2cc(C3CC3)n(C(=O)NCc3ccccc3Cl)n2)c1. The molecule has 2 amide bonds. The molecule has 160 valence electrons. The molecule has 0 radical (unpaired) electrons. The van der Waals surface area contributed by atoms with Gasteiger partial charge in [0.2, 0.25) is 5.91 Å². The Morgan fingerprint density at radius 2 is 1.97 bits per heavy atom. The second-order valence-corrected chi connectivity index (χ2v) is 7.93. The fourth-order valence-corrected chi connectivity index (χ4v) is 3.52. The van der Waals surface area contributed by atoms with Gasteiger partial charge in [0.25, 0.3) is 0 Å². The molecule has 3 aromatic rings. The first-order chi connectivity index (χ1) is 15.0. The number of amides is 2. The Labute approximate surface area is 185 Å². The molecule has 31 heavy (non-hydrogen) atoms. The summed E-state index contributed by atoms with van der Waals surface area (Å²) in [6.07, 6.45) is 2.32. The summed E-state index contributed by atoms with van der Waals surface area (Å²) in [5, 5.41) is 21.1. The number of halogens is 1. The van der Waals surface area contributed by atoms with Gasteiger partial charge < -0.3 is 15.7 Å². The Kier molecular flexibility index (Phi) is 5.95. The highest BCUT2D eigenvalue weighted by Crippen LogP contribution is 2.42. The Morgan fingerprint density at radius 3 is 2.68 bits per heavy atom. The molecule has 0 spiro atoms. The predicted octanol–water partition coefficient (Wildman–Crippen LogP) is 4.89. The standard InChI is InChI=1S/C23H23ClN4O3/c1-2-22(30)26-16-9-10-21(29)17(11-16)19-12-20(14-7-8-14)28(27-19)23(31)25-13-15-5-3-4-6-18(15)24/h3-6,9-12,14,29H,2,7-8,13H2,1H3,(H,25,31)(H,26,30). The third-order valence-electron chi connectivity index (χ3n) is 5.19. The van der Waals surface area contributed by atoms with Crippen molar-refractivity contribution < 1.29 is 14.7 Å². The molecule has 0 atom stereocenters. The molecule has 1 aliphatic carbocycles. The van der Waals surface area contributed by atoms with E-state index in [1.54, 1.807) is 25.1 Å². The van der Waals surface area contributed by atoms with Crippen molar-refractivity contribution in [1.82, 2.24) is 15.1 Å². The molecule has 1 aliphatic rings. The van der Waals surface area contributed by atoms with Crippen LogP contribution in [0.15, 0.2) is 48.5 Å². The molecule has 0 bridgehead atoms. The average Bonchev–Trinajstić information content (AvgIpc) is 3.52. The third-order valence-corrected chi connectivity index (χ3v) is 5.56. The number of benzene rings is 2. The number of rotatable bonds is 6. The summed E-state index contributed by atoms with van der Waals surface area (Å²) >= 11 is 6.18. The van der Waals surface area contributed by atoms with Crippen molar-refractivity contribution in [2.45, 2.75) is 38.6 Å². The average molecular weight is 439 g/mol. The number of nitrogens with zero attached hydrogens (tertiary/aromatic N) is 2. The summed E-state index contributed by atoms with van der Waals surface area (Å²) in [5.41, 5.74) is 3.10. The minimum atomic E-state index is -0.358. The number of carbonyl (C=O) groups excluding carboxylic acids is 2. The number of phenolic OH excluding ortho intramolecular Hbond substituents is 1. The molecule has 1 saturated carbocycles. The first kappa shape index (κ1) is 20.9. The van der Waals surface area contributed by atoms with E-state index in [0.29, 0.717) is 28.4 Å². The van der Waals surface area contributed by atoms with Gasteiger partial charge in [-0.05, 0) is 48.7 Å². The van der Waals surface area contributed by atoms with E-state index < -0.39 is 0 Å². The minimum Gasteiger partial charge on any atom is -0.507 e. The topological polar surface area (TPSA) is 96.2 Å². The zero-order valence-electron chi connectivity index (χ0n) is 17.1. The van der Waals surface area contributed by atoms with E-state index in [1.165, 1.54) is 10.7 Å². The van der Waals surface area contributed by atoms with Gasteiger partial charge in [0.1, 0.15) is 5.75 Å². The molecule has 4 rings (SSSR count). The van der Waals surface area contributed by atoms with Gasteiger partial charge in [0.05, 0.1) is 11.4 Å². The van der Waals surface area contributed by atoms with Crippen molar-refractivity contribution in [3.8, 4) is 17.0 Å². The first-order valence-corrected chi connectivity index (χ1v) is 10.6. The minimum absolute atomic E-state index is 0.0259. The Balaban J connectivity index is 1.61. The lowest BCUT2D eigenvalue weighted by molar-refractivity contribution is -0.115. The van der Waals surface area contributed by atoms with E-state index in [-0.39, 0.29) is 30.2 Å². The highest BCUT2D eigenvalue weighted by Gasteiger charge is 2.30. The van der Waals surface area contributed by atoms with Gasteiger partial charge >= 0.3 is 6.03 Å². The van der Waals surface area contributed by atoms with Gasteiger partial charge in [0.15, 0.2) is 0 Å². The highest BCUT2D eigenvalue weighted by atomic mass is 35.5. The van der Waals surface area contributed by atoms with Gasteiger partial charge in [-0.25, -0.2) is 4.79 Å². The van der Waals surface area contributed by atoms with Crippen molar-refractivity contribution in [1.29, 1.82) is 0 Å². The summed E-state index contributed by atoms with van der Waals surface area (Å²) in [6, 6.07) is 13.6. The van der Waals surface area contributed by atoms with Crippen molar-refractivity contribution in [3.05, 3.63) is 64.8 Å². The molecule has 3 N–H and O–H groups in total. The monoisotopic (exact) mass is 438 g/mol. The molecule has 0 aliphatic heterocycles. The summed E-state index contributed by atoms with van der Waals surface area (Å²) < 4.78 is 1.36. The van der Waals surface area contributed by atoms with Gasteiger partial charge in [-0.3, -0.25) is 4.79 Å². The number of hydrogen-bond donors (Lipinski definition) is 3. The van der Waals surface area contributed by atoms with Gasteiger partial charge in [-0.2, -0.15) is 9.78 Å². The number of anilines is 1. The Bertz CT molecular complexity index is 1140. The number of phenols is 1. The maximum Gasteiger partial charge on any atom is 0.342 e. The molecule has 8 heteroatoms. The van der Waals surface area contributed by atoms with E-state index in [4.69, 9.17) is 11.6 Å². The fraction of sp³-hybridized carbons (Fsp3) is 0.261. The molecule has 0 saturated heterocycles. The second kappa shape index (κ2) is 8.81. The van der Waals surface area contributed by atoms with Crippen LogP contribution in [0.4, 0.5) is 10.5 Å². The van der Waals surface area contributed by atoms with Crippen LogP contribution in [0, 0.1) is 0 Å². The highest BCUT2D eigenvalue weighted by molar-refractivity contribution is 6.31. The summed E-state index contributed by atoms with van der Waals surface area (Å²) in [5.74, 6) is 0.162. The molecule has 0 unspecified atom stereocenters. The van der Waals surface area contributed by atoms with E-state index in [2.05, 4.69) is 15.7 Å². The third kappa shape index (κ3) is 4.72. The second-order valence-electron chi connectivity index (χ2n) is 7.52. The molecule has 2 aromatic carbocycles. The summed E-state index contributed by atoms with van der Waals surface area (Å²) in [6.45, 7) is 2.04. The molecular weight excluding hydrogens is 416 g/mol. The van der Waals surface area contributed by atoms with E-state index >= 15 is 0 Å². The Morgan fingerprint density at radius 1 is 1.19 bits per heavy atom. The predicted molar refractivity (Wildman–Crippen MR) is 119 cm³/mol. The number of aromatic hydroxyl groups is 1. The van der Waals surface area contributed by atoms with Crippen LogP contribution in [0.5, 0.6) is 5.75 Å². The molecule has 1 fully saturated rings. The maximum absolute atomic E-state index is 12.9. The number of nitrogens with one attached hydrogen (secondary N) is 2. The maximum atomic E-state index is 12.9. The molecule has 7 nitrogen and oxygen atoms in total. The van der Waals surface area contributed by atoms with Crippen molar-refractivity contribution in [2.24, 2.45) is 0 Å². The quantitative estimate of drug-likeness (QED) is 0.477. The van der Waals surface area contributed by atoms with Crippen LogP contribution in [0.1, 0.15) is 43.4 Å². The van der Waals surface area contributed by atoms with Crippen LogP contribution in [-0.2, 0) is 11.3 Å². The van der Waals surface area contributed by atoms with Crippen molar-refractivity contribution in [2.75, 3.05) is 5.32 Å². The molecule has 1 aromatic heterocycles. The van der Waals surface area contributed by atoms with Crippen molar-refractivity contribution >= 4 is 29.2 Å². The van der Waals surface area contributed by atoms with E-state index in [1.807, 2.05) is 24.3 Å². The van der Waals surface area contributed by atoms with E-state index in [0.717, 1.165) is 24.1 Å². The van der Waals surface area contributed by atoms with Crippen LogP contribution in [-0.4, -0.2) is 26.8 Å². The first-order valence-electron chi connectivity index (χ1n) is 10.2. The molecular formula is C23H23ClN4O3. The summed E-state index contributed by atoms with van der Waals surface area (Å²) in [4.78, 5) is 24.6. The number of hydrogen-bond acceptors (Lipinski definition) is 4. The van der Waals surface area contributed by atoms with Gasteiger partial charge in [-0.1, -0.05) is 36.7 Å². The fourth-order valence-electron chi connectivity index (χ4n) is 3.32. The lowest BCUT2D eigenvalue weighted by Crippen LogP contribution is -2.30. The van der Waals surface area contributed by atoms with E-state index in [9.17, 15) is 14.7 Å². The lowest BCUT2D eigenvalue weighted by atomic mass is 10.1. The largest absolute Gasteiger partial charge is 0.507 e. The molecule has 1 heterocycles. The summed E-state index contributed by atoms with van der Waals surface area (Å²) in [7, 11) is 0. The van der Waals surface area contributed by atoms with Crippen LogP contribution >= 0.6 is 11.6 Å². The number of carbonyl (C=O) groups is 2. The number of aromatic nitrogens is 2. The smallest absolute Gasteiger partial charge is 0.342 e. The zero-order chi connectivity index (χ0) is 22.0.